The zero-order valence-corrected chi connectivity index (χ0v) is 14.9. The third kappa shape index (κ3) is 3.85. The van der Waals surface area contributed by atoms with Gasteiger partial charge in [-0.15, -0.1) is 0 Å². The lowest BCUT2D eigenvalue weighted by molar-refractivity contribution is -0.237. The van der Waals surface area contributed by atoms with Crippen LogP contribution in [-0.2, 0) is 18.1 Å². The summed E-state index contributed by atoms with van der Waals surface area (Å²) in [7, 11) is 0. The van der Waals surface area contributed by atoms with Crippen molar-refractivity contribution in [2.24, 2.45) is 0 Å². The van der Waals surface area contributed by atoms with E-state index in [0.717, 1.165) is 27.6 Å². The minimum Gasteiger partial charge on any atom is -0.366 e. The van der Waals surface area contributed by atoms with E-state index in [9.17, 15) is 17.6 Å². The second-order valence-electron chi connectivity index (χ2n) is 6.73. The monoisotopic (exact) mass is 394 g/mol. The van der Waals surface area contributed by atoms with Crippen LogP contribution in [0, 0.1) is 0 Å². The van der Waals surface area contributed by atoms with Crippen molar-refractivity contribution in [3.8, 4) is 11.1 Å². The van der Waals surface area contributed by atoms with E-state index in [1.54, 1.807) is 23.5 Å². The van der Waals surface area contributed by atoms with E-state index < -0.39 is 19.1 Å². The molecule has 1 saturated heterocycles. The summed E-state index contributed by atoms with van der Waals surface area (Å²) in [5.41, 5.74) is 3.25. The van der Waals surface area contributed by atoms with Crippen LogP contribution in [0.15, 0.2) is 42.9 Å². The lowest BCUT2D eigenvalue weighted by atomic mass is 10.0. The molecule has 4 rings (SSSR count). The molecule has 0 bridgehead atoms. The number of alkyl halides is 4. The molecule has 1 aliphatic rings. The van der Waals surface area contributed by atoms with E-state index in [0.29, 0.717) is 13.1 Å². The van der Waals surface area contributed by atoms with Crippen LogP contribution in [0.5, 0.6) is 0 Å². The second kappa shape index (κ2) is 7.48. The van der Waals surface area contributed by atoms with Crippen LogP contribution in [0.2, 0.25) is 0 Å². The molecule has 0 spiro atoms. The fourth-order valence-corrected chi connectivity index (χ4v) is 3.41. The first-order valence-corrected chi connectivity index (χ1v) is 8.81. The normalized spacial score (nSPS) is 18.6. The number of hydrogen-bond acceptors (Lipinski definition) is 4. The largest absolute Gasteiger partial charge is 0.415 e. The quantitative estimate of drug-likeness (QED) is 0.632. The van der Waals surface area contributed by atoms with Crippen LogP contribution < -0.4 is 0 Å². The Morgan fingerprint density at radius 1 is 1.21 bits per heavy atom. The molecule has 1 aliphatic heterocycles. The lowest BCUT2D eigenvalue weighted by Gasteiger charge is -2.33. The number of pyridine rings is 1. The molecule has 148 valence electrons. The predicted octanol–water partition coefficient (Wildman–Crippen LogP) is 3.79. The molecule has 28 heavy (non-hydrogen) atoms. The summed E-state index contributed by atoms with van der Waals surface area (Å²) >= 11 is 0. The standard InChI is InChI=1S/C19H18F4N4O/c20-12-27-10-14(8-25-27)15-3-4-24-17-7-13(1-2-16(15)17)9-26-5-6-28-18(11-26)19(21,22)23/h1-4,7-8,10,18H,5-6,9,11-12H2/t18-/m0/s1. The van der Waals surface area contributed by atoms with Gasteiger partial charge in [0.2, 0.25) is 0 Å². The van der Waals surface area contributed by atoms with Crippen molar-refractivity contribution < 1.29 is 22.3 Å². The summed E-state index contributed by atoms with van der Waals surface area (Å²) in [6, 6.07) is 7.47. The molecule has 1 aromatic carbocycles. The highest BCUT2D eigenvalue weighted by Crippen LogP contribution is 2.29. The molecule has 3 aromatic rings. The molecule has 0 amide bonds. The SMILES string of the molecule is FCn1cc(-c2ccnc3cc(CN4CCO[C@H](C(F)(F)F)C4)ccc23)cn1. The smallest absolute Gasteiger partial charge is 0.366 e. The third-order valence-electron chi connectivity index (χ3n) is 4.80. The Hall–Kier alpha value is -2.52. The molecule has 0 N–H and O–H groups in total. The first kappa shape index (κ1) is 18.8. The second-order valence-corrected chi connectivity index (χ2v) is 6.73. The maximum absolute atomic E-state index is 12.9. The van der Waals surface area contributed by atoms with Crippen LogP contribution in [0.3, 0.4) is 0 Å². The van der Waals surface area contributed by atoms with Crippen molar-refractivity contribution in [3.05, 3.63) is 48.4 Å². The van der Waals surface area contributed by atoms with Gasteiger partial charge in [0.05, 0.1) is 18.3 Å². The summed E-state index contributed by atoms with van der Waals surface area (Å²) < 4.78 is 57.5. The maximum Gasteiger partial charge on any atom is 0.415 e. The van der Waals surface area contributed by atoms with E-state index >= 15 is 0 Å². The van der Waals surface area contributed by atoms with E-state index in [-0.39, 0.29) is 13.2 Å². The van der Waals surface area contributed by atoms with E-state index in [1.165, 1.54) is 4.68 Å². The molecule has 0 radical (unpaired) electrons. The Labute approximate surface area is 158 Å². The van der Waals surface area contributed by atoms with Gasteiger partial charge in [0.1, 0.15) is 0 Å². The van der Waals surface area contributed by atoms with Crippen molar-refractivity contribution in [2.75, 3.05) is 19.7 Å². The van der Waals surface area contributed by atoms with Crippen molar-refractivity contribution in [2.45, 2.75) is 25.6 Å². The van der Waals surface area contributed by atoms with Crippen LogP contribution >= 0.6 is 0 Å². The highest BCUT2D eigenvalue weighted by Gasteiger charge is 2.43. The predicted molar refractivity (Wildman–Crippen MR) is 95.1 cm³/mol. The Balaban J connectivity index is 1.57. The molecule has 0 aliphatic carbocycles. The molecule has 1 atom stereocenters. The average molecular weight is 394 g/mol. The van der Waals surface area contributed by atoms with Crippen molar-refractivity contribution >= 4 is 10.9 Å². The Kier molecular flexibility index (Phi) is 5.03. The van der Waals surface area contributed by atoms with Gasteiger partial charge in [-0.05, 0) is 23.3 Å². The molecule has 9 heteroatoms. The molecular formula is C19H18F4N4O. The van der Waals surface area contributed by atoms with Crippen molar-refractivity contribution in [1.29, 1.82) is 0 Å². The molecule has 3 heterocycles. The molecule has 0 saturated carbocycles. The van der Waals surface area contributed by atoms with Gasteiger partial charge in [-0.25, -0.2) is 9.07 Å². The van der Waals surface area contributed by atoms with E-state index in [1.807, 2.05) is 24.3 Å². The Bertz CT molecular complexity index is 972. The molecule has 1 fully saturated rings. The molecule has 0 unspecified atom stereocenters. The van der Waals surface area contributed by atoms with Crippen molar-refractivity contribution in [3.63, 3.8) is 0 Å². The number of halogens is 4. The number of morpholine rings is 1. The summed E-state index contributed by atoms with van der Waals surface area (Å²) in [6.45, 7) is -0.000156. The average Bonchev–Trinajstić information content (AvgIpc) is 3.16. The zero-order chi connectivity index (χ0) is 19.7. The van der Waals surface area contributed by atoms with Crippen LogP contribution in [0.4, 0.5) is 17.6 Å². The first-order chi connectivity index (χ1) is 13.4. The number of nitrogens with zero attached hydrogens (tertiary/aromatic N) is 4. The first-order valence-electron chi connectivity index (χ1n) is 8.81. The number of hydrogen-bond donors (Lipinski definition) is 0. The fraction of sp³-hybridized carbons (Fsp3) is 0.368. The zero-order valence-electron chi connectivity index (χ0n) is 14.9. The number of fused-ring (bicyclic) bond motifs is 1. The van der Waals surface area contributed by atoms with Gasteiger partial charge in [-0.1, -0.05) is 12.1 Å². The van der Waals surface area contributed by atoms with Gasteiger partial charge in [0, 0.05) is 43.0 Å². The number of aromatic nitrogens is 3. The van der Waals surface area contributed by atoms with E-state index in [4.69, 9.17) is 4.74 Å². The lowest BCUT2D eigenvalue weighted by Crippen LogP contribution is -2.48. The molecule has 5 nitrogen and oxygen atoms in total. The van der Waals surface area contributed by atoms with Crippen LogP contribution in [0.1, 0.15) is 5.56 Å². The maximum atomic E-state index is 12.9. The minimum atomic E-state index is -4.36. The minimum absolute atomic E-state index is 0.0543. The van der Waals surface area contributed by atoms with Gasteiger partial charge < -0.3 is 4.74 Å². The van der Waals surface area contributed by atoms with Crippen LogP contribution in [0.25, 0.3) is 22.0 Å². The highest BCUT2D eigenvalue weighted by atomic mass is 19.4. The summed E-state index contributed by atoms with van der Waals surface area (Å²) in [5, 5.41) is 4.83. The summed E-state index contributed by atoms with van der Waals surface area (Å²) in [6.07, 6.45) is -1.25. The third-order valence-corrected chi connectivity index (χ3v) is 4.80. The van der Waals surface area contributed by atoms with E-state index in [2.05, 4.69) is 10.1 Å². The number of ether oxygens (including phenoxy) is 1. The number of benzene rings is 1. The van der Waals surface area contributed by atoms with Crippen molar-refractivity contribution in [1.82, 2.24) is 19.7 Å². The fourth-order valence-electron chi connectivity index (χ4n) is 3.41. The van der Waals surface area contributed by atoms with Gasteiger partial charge in [0.25, 0.3) is 0 Å². The van der Waals surface area contributed by atoms with Gasteiger partial charge in [-0.2, -0.15) is 18.3 Å². The van der Waals surface area contributed by atoms with Crippen LogP contribution in [-0.4, -0.2) is 51.6 Å². The Morgan fingerprint density at radius 2 is 2.07 bits per heavy atom. The number of rotatable bonds is 4. The molecular weight excluding hydrogens is 376 g/mol. The summed E-state index contributed by atoms with van der Waals surface area (Å²) in [4.78, 5) is 6.11. The highest BCUT2D eigenvalue weighted by molar-refractivity contribution is 5.94. The topological polar surface area (TPSA) is 43.2 Å². The Morgan fingerprint density at radius 3 is 2.82 bits per heavy atom. The van der Waals surface area contributed by atoms with Gasteiger partial charge >= 0.3 is 6.18 Å². The summed E-state index contributed by atoms with van der Waals surface area (Å²) in [5.74, 6) is 0. The molecule has 2 aromatic heterocycles. The van der Waals surface area contributed by atoms with Gasteiger partial charge in [0.15, 0.2) is 12.9 Å². The van der Waals surface area contributed by atoms with Gasteiger partial charge in [-0.3, -0.25) is 9.88 Å².